The zero-order valence-electron chi connectivity index (χ0n) is 8.56. The number of allylic oxidation sites excluding steroid dienone is 1. The van der Waals surface area contributed by atoms with Gasteiger partial charge >= 0.3 is 0 Å². The average Bonchev–Trinajstić information content (AvgIpc) is 2.40. The first-order chi connectivity index (χ1) is 6.62. The molecule has 76 valence electrons. The molecule has 1 spiro atoms. The summed E-state index contributed by atoms with van der Waals surface area (Å²) >= 11 is 0. The summed E-state index contributed by atoms with van der Waals surface area (Å²) in [5, 5.41) is 0. The predicted molar refractivity (Wildman–Crippen MR) is 53.6 cm³/mol. The smallest absolute Gasteiger partial charge is 0.112 e. The number of hydrogen-bond donors (Lipinski definition) is 0. The van der Waals surface area contributed by atoms with Crippen molar-refractivity contribution in [3.8, 4) is 0 Å². The summed E-state index contributed by atoms with van der Waals surface area (Å²) in [5.41, 5.74) is -0.202. The molecule has 0 amide bonds. The molecule has 4 saturated carbocycles. The maximum absolute atomic E-state index is 14.5. The summed E-state index contributed by atoms with van der Waals surface area (Å²) < 4.78 is 14.5. The van der Waals surface area contributed by atoms with Gasteiger partial charge in [0.2, 0.25) is 0 Å². The van der Waals surface area contributed by atoms with Gasteiger partial charge in [-0.2, -0.15) is 0 Å². The molecule has 0 aromatic heterocycles. The lowest BCUT2D eigenvalue weighted by Crippen LogP contribution is -2.50. The number of rotatable bonds is 1. The van der Waals surface area contributed by atoms with E-state index in [1.165, 1.54) is 19.3 Å². The monoisotopic (exact) mass is 192 g/mol. The molecule has 3 bridgehead atoms. The molecule has 0 aromatic rings. The van der Waals surface area contributed by atoms with Gasteiger partial charge in [-0.3, -0.25) is 0 Å². The van der Waals surface area contributed by atoms with E-state index in [2.05, 4.69) is 12.7 Å². The molecule has 4 rings (SSSR count). The topological polar surface area (TPSA) is 0 Å². The van der Waals surface area contributed by atoms with Crippen LogP contribution in [0.15, 0.2) is 12.7 Å². The van der Waals surface area contributed by atoms with Crippen LogP contribution in [-0.4, -0.2) is 5.67 Å². The van der Waals surface area contributed by atoms with Crippen molar-refractivity contribution < 1.29 is 4.39 Å². The molecule has 0 radical (unpaired) electrons. The zero-order valence-corrected chi connectivity index (χ0v) is 8.56. The molecule has 5 unspecified atom stereocenters. The summed E-state index contributed by atoms with van der Waals surface area (Å²) in [6, 6.07) is 0. The third kappa shape index (κ3) is 0.561. The van der Waals surface area contributed by atoms with E-state index in [0.29, 0.717) is 11.3 Å². The van der Waals surface area contributed by atoms with Crippen molar-refractivity contribution in [3.63, 3.8) is 0 Å². The molecule has 1 heteroatoms. The van der Waals surface area contributed by atoms with Gasteiger partial charge in [0.05, 0.1) is 0 Å². The van der Waals surface area contributed by atoms with E-state index >= 15 is 0 Å². The average molecular weight is 192 g/mol. The van der Waals surface area contributed by atoms with Crippen LogP contribution in [-0.2, 0) is 0 Å². The third-order valence-corrected chi connectivity index (χ3v) is 5.96. The molecular formula is C13H17F. The number of fused-ring (bicyclic) bond motifs is 2. The molecule has 4 aliphatic rings. The van der Waals surface area contributed by atoms with E-state index in [-0.39, 0.29) is 5.41 Å². The van der Waals surface area contributed by atoms with Crippen molar-refractivity contribution in [2.45, 2.75) is 44.2 Å². The van der Waals surface area contributed by atoms with Gasteiger partial charge in [-0.05, 0) is 61.2 Å². The molecular weight excluding hydrogens is 175 g/mol. The van der Waals surface area contributed by atoms with Gasteiger partial charge in [-0.1, -0.05) is 6.08 Å². The Balaban J connectivity index is 1.92. The minimum absolute atomic E-state index is 0.220. The third-order valence-electron chi connectivity index (χ3n) is 5.96. The Kier molecular flexibility index (Phi) is 1.03. The standard InChI is InChI=1S/C13H17F/c1-2-11-6-10-3-9-4-12(14,7-11)8-13(10,11)5-9/h2,9-10H,1,3-8H2. The predicted octanol–water partition coefficient (Wildman–Crippen LogP) is 3.48. The fourth-order valence-electron chi connectivity index (χ4n) is 5.80. The van der Waals surface area contributed by atoms with Crippen LogP contribution in [0.3, 0.4) is 0 Å². The summed E-state index contributed by atoms with van der Waals surface area (Å²) in [6.07, 6.45) is 8.53. The highest BCUT2D eigenvalue weighted by Crippen LogP contribution is 2.83. The Morgan fingerprint density at radius 3 is 2.86 bits per heavy atom. The SMILES string of the molecule is C=CC12CC3CC4CC(F)(C1)CC32C4. The highest BCUT2D eigenvalue weighted by molar-refractivity contribution is 5.31. The lowest BCUT2D eigenvalue weighted by molar-refractivity contribution is -0.0627. The first-order valence-electron chi connectivity index (χ1n) is 5.94. The summed E-state index contributed by atoms with van der Waals surface area (Å²) in [4.78, 5) is 0. The van der Waals surface area contributed by atoms with E-state index in [0.717, 1.165) is 25.2 Å². The zero-order chi connectivity index (χ0) is 9.60. The van der Waals surface area contributed by atoms with Crippen LogP contribution in [0.25, 0.3) is 0 Å². The first kappa shape index (κ1) is 7.90. The second kappa shape index (κ2) is 1.83. The Morgan fingerprint density at radius 2 is 2.07 bits per heavy atom. The van der Waals surface area contributed by atoms with Gasteiger partial charge in [-0.15, -0.1) is 6.58 Å². The molecule has 0 N–H and O–H groups in total. The second-order valence-electron chi connectivity index (χ2n) is 6.43. The van der Waals surface area contributed by atoms with E-state index in [9.17, 15) is 4.39 Å². The van der Waals surface area contributed by atoms with Crippen molar-refractivity contribution >= 4 is 0 Å². The molecule has 0 nitrogen and oxygen atoms in total. The molecule has 0 aromatic carbocycles. The molecule has 14 heavy (non-hydrogen) atoms. The highest BCUT2D eigenvalue weighted by atomic mass is 19.1. The lowest BCUT2D eigenvalue weighted by atomic mass is 9.46. The molecule has 0 heterocycles. The molecule has 0 aliphatic heterocycles. The summed E-state index contributed by atoms with van der Waals surface area (Å²) in [7, 11) is 0. The van der Waals surface area contributed by atoms with Crippen molar-refractivity contribution in [1.29, 1.82) is 0 Å². The molecule has 4 aliphatic carbocycles. The Bertz CT molecular complexity index is 336. The van der Waals surface area contributed by atoms with Gasteiger partial charge in [0, 0.05) is 0 Å². The van der Waals surface area contributed by atoms with Crippen molar-refractivity contribution in [3.05, 3.63) is 12.7 Å². The van der Waals surface area contributed by atoms with E-state index < -0.39 is 5.67 Å². The number of hydrogen-bond acceptors (Lipinski definition) is 0. The minimum Gasteiger partial charge on any atom is -0.244 e. The Hall–Kier alpha value is -0.330. The largest absolute Gasteiger partial charge is 0.244 e. The molecule has 4 fully saturated rings. The van der Waals surface area contributed by atoms with E-state index in [1.54, 1.807) is 0 Å². The van der Waals surface area contributed by atoms with Crippen molar-refractivity contribution in [1.82, 2.24) is 0 Å². The van der Waals surface area contributed by atoms with Crippen molar-refractivity contribution in [2.75, 3.05) is 0 Å². The first-order valence-corrected chi connectivity index (χ1v) is 5.94. The second-order valence-corrected chi connectivity index (χ2v) is 6.43. The number of halogens is 1. The maximum Gasteiger partial charge on any atom is 0.112 e. The van der Waals surface area contributed by atoms with Gasteiger partial charge in [0.15, 0.2) is 0 Å². The van der Waals surface area contributed by atoms with Crippen LogP contribution >= 0.6 is 0 Å². The quantitative estimate of drug-likeness (QED) is 0.558. The summed E-state index contributed by atoms with van der Waals surface area (Å²) in [6.45, 7) is 3.99. The van der Waals surface area contributed by atoms with Crippen LogP contribution in [0, 0.1) is 22.7 Å². The van der Waals surface area contributed by atoms with E-state index in [4.69, 9.17) is 0 Å². The minimum atomic E-state index is -0.803. The lowest BCUT2D eigenvalue weighted by Gasteiger charge is -2.57. The Morgan fingerprint density at radius 1 is 1.21 bits per heavy atom. The maximum atomic E-state index is 14.5. The summed E-state index contributed by atoms with van der Waals surface area (Å²) in [5.74, 6) is 1.56. The van der Waals surface area contributed by atoms with Gasteiger partial charge in [0.25, 0.3) is 0 Å². The molecule has 0 saturated heterocycles. The molecule has 5 atom stereocenters. The fourth-order valence-corrected chi connectivity index (χ4v) is 5.80. The van der Waals surface area contributed by atoms with Gasteiger partial charge in [0.1, 0.15) is 5.67 Å². The van der Waals surface area contributed by atoms with Crippen LogP contribution in [0.5, 0.6) is 0 Å². The Labute approximate surface area is 84.6 Å². The van der Waals surface area contributed by atoms with Crippen LogP contribution in [0.1, 0.15) is 38.5 Å². The van der Waals surface area contributed by atoms with Crippen molar-refractivity contribution in [2.24, 2.45) is 22.7 Å². The van der Waals surface area contributed by atoms with Gasteiger partial charge < -0.3 is 0 Å². The normalized spacial score (nSPS) is 67.8. The highest BCUT2D eigenvalue weighted by Gasteiger charge is 2.77. The van der Waals surface area contributed by atoms with Gasteiger partial charge in [-0.25, -0.2) is 4.39 Å². The van der Waals surface area contributed by atoms with Crippen LogP contribution in [0.4, 0.5) is 4.39 Å². The van der Waals surface area contributed by atoms with E-state index in [1.807, 2.05) is 0 Å². The fraction of sp³-hybridized carbons (Fsp3) is 0.846. The van der Waals surface area contributed by atoms with Crippen LogP contribution < -0.4 is 0 Å². The number of alkyl halides is 1. The van der Waals surface area contributed by atoms with Crippen LogP contribution in [0.2, 0.25) is 0 Å².